The van der Waals surface area contributed by atoms with E-state index in [1.807, 2.05) is 11.8 Å². The molecular formula is C12H20N4OS. The Balaban J connectivity index is 2.23. The lowest BCUT2D eigenvalue weighted by Crippen LogP contribution is -2.42. The van der Waals surface area contributed by atoms with Crippen LogP contribution in [0.5, 0.6) is 0 Å². The van der Waals surface area contributed by atoms with Gasteiger partial charge < -0.3 is 16.0 Å². The number of carbonyl (C=O) groups excluding carboxylic acids is 1. The van der Waals surface area contributed by atoms with Crippen molar-refractivity contribution >= 4 is 28.2 Å². The van der Waals surface area contributed by atoms with Gasteiger partial charge in [-0.05, 0) is 33.6 Å². The maximum absolute atomic E-state index is 12.5. The number of nitrogens with zero attached hydrogens (tertiary/aromatic N) is 2. The summed E-state index contributed by atoms with van der Waals surface area (Å²) in [4.78, 5) is 19.1. The lowest BCUT2D eigenvalue weighted by atomic mass is 10.0. The second kappa shape index (κ2) is 4.76. The molecule has 6 heteroatoms. The van der Waals surface area contributed by atoms with Gasteiger partial charge in [0.15, 0.2) is 5.13 Å². The highest BCUT2D eigenvalue weighted by atomic mass is 32.1. The molecule has 0 radical (unpaired) electrons. The van der Waals surface area contributed by atoms with Crippen LogP contribution in [0.25, 0.3) is 0 Å². The molecule has 1 aliphatic rings. The predicted molar refractivity (Wildman–Crippen MR) is 75.0 cm³/mol. The fourth-order valence-corrected chi connectivity index (χ4v) is 3.22. The van der Waals surface area contributed by atoms with Crippen LogP contribution in [0.4, 0.5) is 10.9 Å². The van der Waals surface area contributed by atoms with Gasteiger partial charge in [-0.1, -0.05) is 11.3 Å². The SMILES string of the molecule is CCNc1nc(N)c(C(=O)N2CCCC2(C)C)s1. The third-order valence-corrected chi connectivity index (χ3v) is 4.34. The Labute approximate surface area is 111 Å². The molecule has 0 aliphatic carbocycles. The summed E-state index contributed by atoms with van der Waals surface area (Å²) in [5, 5.41) is 3.81. The van der Waals surface area contributed by atoms with Gasteiger partial charge in [-0.25, -0.2) is 4.98 Å². The monoisotopic (exact) mass is 268 g/mol. The van der Waals surface area contributed by atoms with Crippen molar-refractivity contribution in [3.8, 4) is 0 Å². The van der Waals surface area contributed by atoms with Gasteiger partial charge in [-0.3, -0.25) is 4.79 Å². The van der Waals surface area contributed by atoms with Gasteiger partial charge in [-0.2, -0.15) is 0 Å². The predicted octanol–water partition coefficient (Wildman–Crippen LogP) is 2.17. The van der Waals surface area contributed by atoms with E-state index >= 15 is 0 Å². The largest absolute Gasteiger partial charge is 0.382 e. The van der Waals surface area contributed by atoms with Crippen LogP contribution in [0.1, 0.15) is 43.3 Å². The van der Waals surface area contributed by atoms with E-state index < -0.39 is 0 Å². The van der Waals surface area contributed by atoms with Crippen molar-refractivity contribution in [3.63, 3.8) is 0 Å². The van der Waals surface area contributed by atoms with Gasteiger partial charge >= 0.3 is 0 Å². The first-order valence-corrected chi connectivity index (χ1v) is 7.09. The zero-order valence-corrected chi connectivity index (χ0v) is 11.9. The molecule has 0 aromatic carbocycles. The molecule has 100 valence electrons. The number of anilines is 2. The number of carbonyl (C=O) groups is 1. The summed E-state index contributed by atoms with van der Waals surface area (Å²) in [6, 6.07) is 0. The fraction of sp³-hybridized carbons (Fsp3) is 0.667. The number of hydrogen-bond acceptors (Lipinski definition) is 5. The average molecular weight is 268 g/mol. The molecular weight excluding hydrogens is 248 g/mol. The van der Waals surface area contributed by atoms with Gasteiger partial charge in [0.2, 0.25) is 0 Å². The van der Waals surface area contributed by atoms with Gasteiger partial charge in [0.05, 0.1) is 0 Å². The highest BCUT2D eigenvalue weighted by Gasteiger charge is 2.37. The van der Waals surface area contributed by atoms with Crippen molar-refractivity contribution < 1.29 is 4.79 Å². The molecule has 1 saturated heterocycles. The number of amides is 1. The molecule has 1 fully saturated rings. The average Bonchev–Trinajstić information content (AvgIpc) is 2.81. The lowest BCUT2D eigenvalue weighted by Gasteiger charge is -2.31. The van der Waals surface area contributed by atoms with E-state index in [0.717, 1.165) is 31.1 Å². The number of nitrogen functional groups attached to an aromatic ring is 1. The maximum atomic E-state index is 12.5. The first kappa shape index (κ1) is 13.1. The lowest BCUT2D eigenvalue weighted by molar-refractivity contribution is 0.0658. The summed E-state index contributed by atoms with van der Waals surface area (Å²) >= 11 is 1.34. The topological polar surface area (TPSA) is 71.2 Å². The molecule has 0 atom stereocenters. The van der Waals surface area contributed by atoms with Gasteiger partial charge in [0.25, 0.3) is 5.91 Å². The number of aromatic nitrogens is 1. The first-order chi connectivity index (χ1) is 8.45. The minimum Gasteiger partial charge on any atom is -0.382 e. The molecule has 1 aromatic heterocycles. The van der Waals surface area contributed by atoms with Crippen molar-refractivity contribution in [1.82, 2.24) is 9.88 Å². The van der Waals surface area contributed by atoms with Crippen LogP contribution in [-0.4, -0.2) is 34.4 Å². The normalized spacial score (nSPS) is 18.1. The molecule has 18 heavy (non-hydrogen) atoms. The Morgan fingerprint density at radius 1 is 1.61 bits per heavy atom. The van der Waals surface area contributed by atoms with Crippen LogP contribution >= 0.6 is 11.3 Å². The van der Waals surface area contributed by atoms with Crippen molar-refractivity contribution in [1.29, 1.82) is 0 Å². The highest BCUT2D eigenvalue weighted by Crippen LogP contribution is 2.33. The standard InChI is InChI=1S/C12H20N4OS/c1-4-14-11-15-9(13)8(18-11)10(17)16-7-5-6-12(16,2)3/h4-7,13H2,1-3H3,(H,14,15). The van der Waals surface area contributed by atoms with Gasteiger partial charge in [-0.15, -0.1) is 0 Å². The van der Waals surface area contributed by atoms with Crippen LogP contribution in [0.15, 0.2) is 0 Å². The van der Waals surface area contributed by atoms with E-state index in [-0.39, 0.29) is 11.4 Å². The highest BCUT2D eigenvalue weighted by molar-refractivity contribution is 7.18. The molecule has 5 nitrogen and oxygen atoms in total. The number of hydrogen-bond donors (Lipinski definition) is 2. The van der Waals surface area contributed by atoms with E-state index in [4.69, 9.17) is 5.73 Å². The summed E-state index contributed by atoms with van der Waals surface area (Å²) in [7, 11) is 0. The second-order valence-electron chi connectivity index (χ2n) is 5.14. The minimum absolute atomic E-state index is 0.0108. The van der Waals surface area contributed by atoms with E-state index in [1.165, 1.54) is 11.3 Å². The Kier molecular flexibility index (Phi) is 3.47. The Hall–Kier alpha value is -1.30. The molecule has 0 spiro atoms. The van der Waals surface area contributed by atoms with Crippen LogP contribution in [0, 0.1) is 0 Å². The Bertz CT molecular complexity index is 455. The molecule has 1 aromatic rings. The first-order valence-electron chi connectivity index (χ1n) is 6.28. The zero-order chi connectivity index (χ0) is 13.3. The zero-order valence-electron chi connectivity index (χ0n) is 11.1. The number of nitrogens with two attached hydrogens (primary N) is 1. The van der Waals surface area contributed by atoms with Crippen LogP contribution < -0.4 is 11.1 Å². The van der Waals surface area contributed by atoms with Gasteiger partial charge in [0, 0.05) is 18.6 Å². The van der Waals surface area contributed by atoms with E-state index in [9.17, 15) is 4.79 Å². The van der Waals surface area contributed by atoms with Crippen molar-refractivity contribution in [2.24, 2.45) is 0 Å². The van der Waals surface area contributed by atoms with Crippen molar-refractivity contribution in [2.75, 3.05) is 24.1 Å². The van der Waals surface area contributed by atoms with Crippen LogP contribution in [-0.2, 0) is 0 Å². The molecule has 2 heterocycles. The molecule has 3 N–H and O–H groups in total. The smallest absolute Gasteiger partial charge is 0.268 e. The van der Waals surface area contributed by atoms with E-state index in [0.29, 0.717) is 10.7 Å². The number of thiazole rings is 1. The second-order valence-corrected chi connectivity index (χ2v) is 6.14. The minimum atomic E-state index is -0.0775. The quantitative estimate of drug-likeness (QED) is 0.881. The summed E-state index contributed by atoms with van der Waals surface area (Å²) in [5.74, 6) is 0.348. The molecule has 0 saturated carbocycles. The van der Waals surface area contributed by atoms with E-state index in [2.05, 4.69) is 24.1 Å². The van der Waals surface area contributed by atoms with Crippen molar-refractivity contribution in [3.05, 3.63) is 4.88 Å². The summed E-state index contributed by atoms with van der Waals surface area (Å²) in [6.07, 6.45) is 2.09. The van der Waals surface area contributed by atoms with Crippen molar-refractivity contribution in [2.45, 2.75) is 39.2 Å². The third kappa shape index (κ3) is 2.29. The van der Waals surface area contributed by atoms with E-state index in [1.54, 1.807) is 0 Å². The molecule has 1 aliphatic heterocycles. The molecule has 2 rings (SSSR count). The fourth-order valence-electron chi connectivity index (χ4n) is 2.32. The number of likely N-dealkylation sites (tertiary alicyclic amines) is 1. The summed E-state index contributed by atoms with van der Waals surface area (Å²) in [5.41, 5.74) is 5.76. The summed E-state index contributed by atoms with van der Waals surface area (Å²) < 4.78 is 0. The van der Waals surface area contributed by atoms with Crippen LogP contribution in [0.3, 0.4) is 0 Å². The molecule has 0 unspecified atom stereocenters. The Morgan fingerprint density at radius 2 is 2.33 bits per heavy atom. The third-order valence-electron chi connectivity index (χ3n) is 3.32. The van der Waals surface area contributed by atoms with Crippen LogP contribution in [0.2, 0.25) is 0 Å². The Morgan fingerprint density at radius 3 is 2.89 bits per heavy atom. The molecule has 1 amide bonds. The summed E-state index contributed by atoms with van der Waals surface area (Å²) in [6.45, 7) is 7.76. The number of nitrogens with one attached hydrogen (secondary N) is 1. The molecule has 0 bridgehead atoms. The maximum Gasteiger partial charge on any atom is 0.268 e. The number of rotatable bonds is 3. The van der Waals surface area contributed by atoms with Gasteiger partial charge in [0.1, 0.15) is 10.7 Å².